The van der Waals surface area contributed by atoms with E-state index in [4.69, 9.17) is 10.00 Å². The number of nitrogens with zero attached hydrogens (tertiary/aromatic N) is 2. The van der Waals surface area contributed by atoms with Crippen molar-refractivity contribution < 1.29 is 13.5 Å². The molecule has 1 heterocycles. The molecule has 80 valence electrons. The quantitative estimate of drug-likeness (QED) is 0.853. The number of hydrogen-bond donors (Lipinski definition) is 0. The molecule has 0 spiro atoms. The first kappa shape index (κ1) is 11.9. The summed E-state index contributed by atoms with van der Waals surface area (Å²) < 4.78 is 30.3. The third-order valence-electron chi connectivity index (χ3n) is 1.68. The molecule has 0 unspecified atom stereocenters. The summed E-state index contributed by atoms with van der Waals surface area (Å²) in [6.45, 7) is 0. The van der Waals surface area contributed by atoms with Crippen LogP contribution in [0.2, 0.25) is 0 Å². The Morgan fingerprint density at radius 3 is 2.80 bits per heavy atom. The molecule has 1 aromatic rings. The molecular weight excluding hydrogens is 270 g/mol. The van der Waals surface area contributed by atoms with Crippen molar-refractivity contribution in [1.29, 1.82) is 5.26 Å². The average molecular weight is 277 g/mol. The normalized spacial score (nSPS) is 10.1. The van der Waals surface area contributed by atoms with Gasteiger partial charge in [0.15, 0.2) is 5.75 Å². The molecule has 0 fully saturated rings. The van der Waals surface area contributed by atoms with E-state index in [1.165, 1.54) is 13.2 Å². The van der Waals surface area contributed by atoms with Crippen LogP contribution in [0.15, 0.2) is 10.5 Å². The van der Waals surface area contributed by atoms with Gasteiger partial charge in [-0.3, -0.25) is 0 Å². The molecule has 0 atom stereocenters. The smallest absolute Gasteiger partial charge is 0.284 e. The average Bonchev–Trinajstić information content (AvgIpc) is 2.17. The van der Waals surface area contributed by atoms with Crippen LogP contribution in [0.4, 0.5) is 8.78 Å². The monoisotopic (exact) mass is 276 g/mol. The van der Waals surface area contributed by atoms with Crippen LogP contribution in [0.1, 0.15) is 17.8 Å². The van der Waals surface area contributed by atoms with E-state index >= 15 is 0 Å². The highest BCUT2D eigenvalue weighted by molar-refractivity contribution is 9.10. The lowest BCUT2D eigenvalue weighted by molar-refractivity contribution is 0.141. The highest BCUT2D eigenvalue weighted by Gasteiger charge is 2.19. The molecule has 0 aliphatic carbocycles. The van der Waals surface area contributed by atoms with Gasteiger partial charge in [-0.1, -0.05) is 0 Å². The highest BCUT2D eigenvalue weighted by atomic mass is 79.9. The van der Waals surface area contributed by atoms with Crippen molar-refractivity contribution in [2.24, 2.45) is 0 Å². The Hall–Kier alpha value is -1.22. The Balaban J connectivity index is 3.27. The van der Waals surface area contributed by atoms with Crippen LogP contribution >= 0.6 is 15.9 Å². The topological polar surface area (TPSA) is 45.9 Å². The van der Waals surface area contributed by atoms with Gasteiger partial charge < -0.3 is 4.74 Å². The van der Waals surface area contributed by atoms with Gasteiger partial charge in [-0.05, 0) is 22.0 Å². The van der Waals surface area contributed by atoms with E-state index < -0.39 is 12.1 Å². The van der Waals surface area contributed by atoms with Crippen molar-refractivity contribution in [1.82, 2.24) is 4.98 Å². The maximum Gasteiger partial charge on any atom is 0.284 e. The van der Waals surface area contributed by atoms with Gasteiger partial charge in [-0.15, -0.1) is 0 Å². The van der Waals surface area contributed by atoms with E-state index in [-0.39, 0.29) is 12.2 Å². The number of halogens is 3. The molecule has 0 aliphatic rings. The molecule has 1 rings (SSSR count). The van der Waals surface area contributed by atoms with Crippen LogP contribution in [-0.2, 0) is 6.42 Å². The number of nitriles is 1. The summed E-state index contributed by atoms with van der Waals surface area (Å²) >= 11 is 3.09. The van der Waals surface area contributed by atoms with E-state index in [1.54, 1.807) is 0 Å². The summed E-state index contributed by atoms with van der Waals surface area (Å²) in [6.07, 6.45) is -2.74. The minimum atomic E-state index is -2.73. The van der Waals surface area contributed by atoms with Crippen LogP contribution in [-0.4, -0.2) is 12.1 Å². The second-order valence-electron chi connectivity index (χ2n) is 2.65. The lowest BCUT2D eigenvalue weighted by atomic mass is 10.2. The first-order valence-electron chi connectivity index (χ1n) is 3.98. The van der Waals surface area contributed by atoms with Gasteiger partial charge in [0.2, 0.25) is 0 Å². The van der Waals surface area contributed by atoms with Crippen molar-refractivity contribution in [3.05, 3.63) is 21.9 Å². The fourth-order valence-corrected chi connectivity index (χ4v) is 1.72. The molecule has 0 aliphatic heterocycles. The van der Waals surface area contributed by atoms with E-state index in [0.717, 1.165) is 0 Å². The van der Waals surface area contributed by atoms with Gasteiger partial charge in [0, 0.05) is 0 Å². The molecule has 0 saturated heterocycles. The Kier molecular flexibility index (Phi) is 3.97. The summed E-state index contributed by atoms with van der Waals surface area (Å²) in [5, 5.41) is 8.44. The predicted octanol–water partition coefficient (Wildman–Crippen LogP) is 2.86. The number of aromatic nitrogens is 1. The molecular formula is C9H7BrF2N2O. The highest BCUT2D eigenvalue weighted by Crippen LogP contribution is 2.34. The predicted molar refractivity (Wildman–Crippen MR) is 52.8 cm³/mol. The van der Waals surface area contributed by atoms with Crippen molar-refractivity contribution in [3.63, 3.8) is 0 Å². The lowest BCUT2D eigenvalue weighted by Crippen LogP contribution is -2.01. The number of alkyl halides is 2. The Morgan fingerprint density at radius 1 is 1.67 bits per heavy atom. The van der Waals surface area contributed by atoms with Gasteiger partial charge >= 0.3 is 0 Å². The second kappa shape index (κ2) is 5.03. The molecule has 3 nitrogen and oxygen atoms in total. The van der Waals surface area contributed by atoms with Gasteiger partial charge in [-0.2, -0.15) is 5.26 Å². The molecule has 0 N–H and O–H groups in total. The molecule has 1 aromatic heterocycles. The Morgan fingerprint density at radius 2 is 2.33 bits per heavy atom. The zero-order valence-corrected chi connectivity index (χ0v) is 9.38. The minimum absolute atomic E-state index is 0.00619. The summed E-state index contributed by atoms with van der Waals surface area (Å²) in [7, 11) is 1.29. The molecule has 6 heteroatoms. The van der Waals surface area contributed by atoms with Crippen LogP contribution in [0.25, 0.3) is 0 Å². The SMILES string of the molecule is COc1c(Br)cc(CC#N)nc1C(F)F. The van der Waals surface area contributed by atoms with Crippen molar-refractivity contribution in [2.75, 3.05) is 7.11 Å². The maximum absolute atomic E-state index is 12.6. The number of ether oxygens (including phenoxy) is 1. The van der Waals surface area contributed by atoms with Crippen LogP contribution in [0.3, 0.4) is 0 Å². The van der Waals surface area contributed by atoms with Gasteiger partial charge in [0.05, 0.1) is 29.8 Å². The third kappa shape index (κ3) is 2.63. The zero-order chi connectivity index (χ0) is 11.4. The molecule has 0 saturated carbocycles. The first-order chi connectivity index (χ1) is 7.10. The summed E-state index contributed by atoms with van der Waals surface area (Å²) in [5.74, 6) is 0.00619. The fourth-order valence-electron chi connectivity index (χ4n) is 1.09. The van der Waals surface area contributed by atoms with Crippen molar-refractivity contribution in [2.45, 2.75) is 12.8 Å². The summed E-state index contributed by atoms with van der Waals surface area (Å²) in [6, 6.07) is 3.34. The standard InChI is InChI=1S/C9H7BrF2N2O/c1-15-8-6(10)4-5(2-3-13)14-7(8)9(11)12/h4,9H,2H2,1H3. The van der Waals surface area contributed by atoms with E-state index in [2.05, 4.69) is 20.9 Å². The number of pyridine rings is 1. The second-order valence-corrected chi connectivity index (χ2v) is 3.50. The van der Waals surface area contributed by atoms with E-state index in [1.807, 2.05) is 6.07 Å². The van der Waals surface area contributed by atoms with Gasteiger partial charge in [0.25, 0.3) is 6.43 Å². The largest absolute Gasteiger partial charge is 0.493 e. The number of rotatable bonds is 3. The van der Waals surface area contributed by atoms with Crippen LogP contribution in [0, 0.1) is 11.3 Å². The lowest BCUT2D eigenvalue weighted by Gasteiger charge is -2.10. The third-order valence-corrected chi connectivity index (χ3v) is 2.27. The van der Waals surface area contributed by atoms with E-state index in [9.17, 15) is 8.78 Å². The van der Waals surface area contributed by atoms with Crippen molar-refractivity contribution >= 4 is 15.9 Å². The maximum atomic E-state index is 12.6. The Labute approximate surface area is 93.8 Å². The molecule has 0 aromatic carbocycles. The van der Waals surface area contributed by atoms with Crippen LogP contribution in [0.5, 0.6) is 5.75 Å². The molecule has 0 bridgehead atoms. The van der Waals surface area contributed by atoms with Crippen LogP contribution < -0.4 is 4.74 Å². The summed E-state index contributed by atoms with van der Waals surface area (Å²) in [5.41, 5.74) is -0.155. The number of methoxy groups -OCH3 is 1. The first-order valence-corrected chi connectivity index (χ1v) is 4.77. The zero-order valence-electron chi connectivity index (χ0n) is 7.80. The minimum Gasteiger partial charge on any atom is -0.493 e. The van der Waals surface area contributed by atoms with Gasteiger partial charge in [0.1, 0.15) is 5.69 Å². The van der Waals surface area contributed by atoms with Crippen molar-refractivity contribution in [3.8, 4) is 11.8 Å². The summed E-state index contributed by atoms with van der Waals surface area (Å²) in [4.78, 5) is 3.67. The molecule has 15 heavy (non-hydrogen) atoms. The molecule has 0 amide bonds. The van der Waals surface area contributed by atoms with Gasteiger partial charge in [-0.25, -0.2) is 13.8 Å². The fraction of sp³-hybridized carbons (Fsp3) is 0.333. The van der Waals surface area contributed by atoms with E-state index in [0.29, 0.717) is 10.2 Å². The molecule has 0 radical (unpaired) electrons. The Bertz CT molecular complexity index is 404. The number of hydrogen-bond acceptors (Lipinski definition) is 3.